The van der Waals surface area contributed by atoms with Crippen molar-refractivity contribution in [3.63, 3.8) is 0 Å². The fourth-order valence-corrected chi connectivity index (χ4v) is 4.32. The Balaban J connectivity index is 1.18. The van der Waals surface area contributed by atoms with E-state index in [0.717, 1.165) is 33.2 Å². The van der Waals surface area contributed by atoms with Gasteiger partial charge in [0, 0.05) is 17.8 Å². The molecule has 1 heterocycles. The molecule has 7 nitrogen and oxygen atoms in total. The van der Waals surface area contributed by atoms with Gasteiger partial charge in [-0.05, 0) is 39.9 Å². The average Bonchev–Trinajstić information content (AvgIpc) is 3.42. The van der Waals surface area contributed by atoms with Crippen molar-refractivity contribution in [3.05, 3.63) is 89.6 Å². The summed E-state index contributed by atoms with van der Waals surface area (Å²) in [5, 5.41) is 30.9. The summed E-state index contributed by atoms with van der Waals surface area (Å²) in [6.45, 7) is 0.0525. The van der Waals surface area contributed by atoms with E-state index in [4.69, 9.17) is 4.74 Å². The first-order valence-electron chi connectivity index (χ1n) is 10.5. The van der Waals surface area contributed by atoms with Crippen molar-refractivity contribution in [1.82, 2.24) is 15.5 Å². The number of hydrogen-bond donors (Lipinski definition) is 4. The van der Waals surface area contributed by atoms with Gasteiger partial charge < -0.3 is 20.3 Å². The lowest BCUT2D eigenvalue weighted by atomic mass is 9.98. The quantitative estimate of drug-likeness (QED) is 0.375. The van der Waals surface area contributed by atoms with Crippen molar-refractivity contribution in [2.75, 3.05) is 13.2 Å². The number of alkyl carbamates (subject to hydrolysis) is 1. The third kappa shape index (κ3) is 3.72. The summed E-state index contributed by atoms with van der Waals surface area (Å²) < 4.78 is 5.47. The summed E-state index contributed by atoms with van der Waals surface area (Å²) in [6.07, 6.45) is -1.32. The highest BCUT2D eigenvalue weighted by atomic mass is 16.5. The van der Waals surface area contributed by atoms with Crippen LogP contribution in [0.5, 0.6) is 0 Å². The Bertz CT molecular complexity index is 1220. The van der Waals surface area contributed by atoms with Crippen LogP contribution >= 0.6 is 0 Å². The van der Waals surface area contributed by atoms with E-state index in [2.05, 4.69) is 39.8 Å². The third-order valence-electron chi connectivity index (χ3n) is 5.97. The number of carbonyl (C=O) groups excluding carboxylic acids is 1. The fraction of sp³-hybridized carbons (Fsp3) is 0.200. The van der Waals surface area contributed by atoms with E-state index in [9.17, 15) is 15.0 Å². The van der Waals surface area contributed by atoms with Crippen LogP contribution in [0.15, 0.2) is 72.9 Å². The summed E-state index contributed by atoms with van der Waals surface area (Å²) in [6, 6.07) is 21.5. The van der Waals surface area contributed by atoms with E-state index in [1.54, 1.807) is 24.4 Å². The van der Waals surface area contributed by atoms with E-state index in [0.29, 0.717) is 5.56 Å². The van der Waals surface area contributed by atoms with E-state index < -0.39 is 18.3 Å². The Kier molecular flexibility index (Phi) is 5.34. The maximum atomic E-state index is 12.3. The number of H-pyrrole nitrogens is 1. The molecule has 4 N–H and O–H groups in total. The lowest BCUT2D eigenvalue weighted by Crippen LogP contribution is -2.36. The number of aliphatic hydroxyl groups excluding tert-OH is 2. The number of nitrogens with one attached hydrogen (secondary N) is 2. The molecule has 0 bridgehead atoms. The van der Waals surface area contributed by atoms with Crippen LogP contribution in [0, 0.1) is 0 Å². The fourth-order valence-electron chi connectivity index (χ4n) is 4.32. The molecule has 4 aromatic rings. The Morgan fingerprint density at radius 2 is 1.72 bits per heavy atom. The molecule has 2 unspecified atom stereocenters. The highest BCUT2D eigenvalue weighted by Crippen LogP contribution is 2.44. The number of hydrogen-bond acceptors (Lipinski definition) is 5. The summed E-state index contributed by atoms with van der Waals surface area (Å²) >= 11 is 0. The second kappa shape index (κ2) is 8.45. The topological polar surface area (TPSA) is 107 Å². The molecular formula is C25H23N3O4. The minimum absolute atomic E-state index is 0.0367. The molecular weight excluding hydrogens is 406 g/mol. The predicted molar refractivity (Wildman–Crippen MR) is 120 cm³/mol. The minimum atomic E-state index is -1.18. The average molecular weight is 429 g/mol. The monoisotopic (exact) mass is 429 g/mol. The number of ether oxygens (including phenoxy) is 1. The standard InChI is InChI=1S/C25H23N3O4/c29-23(24(30)15-9-10-22-16(11-15)12-27-28-22)13-26-25(31)32-14-21-19-7-3-1-5-17(19)18-6-2-4-8-20(18)21/h1-12,21,23-24,29-30H,13-14H2,(H,26,31)(H,27,28). The van der Waals surface area contributed by atoms with Gasteiger partial charge >= 0.3 is 6.09 Å². The number of benzene rings is 3. The summed E-state index contributed by atoms with van der Waals surface area (Å²) in [5.74, 6) is -0.0367. The van der Waals surface area contributed by atoms with Gasteiger partial charge in [0.1, 0.15) is 18.8 Å². The maximum Gasteiger partial charge on any atom is 0.407 e. The lowest BCUT2D eigenvalue weighted by molar-refractivity contribution is 0.0186. The first-order chi connectivity index (χ1) is 15.6. The molecule has 1 aromatic heterocycles. The number of aliphatic hydroxyl groups is 2. The van der Waals surface area contributed by atoms with Gasteiger partial charge in [0.15, 0.2) is 0 Å². The number of aromatic amines is 1. The van der Waals surface area contributed by atoms with Gasteiger partial charge in [-0.1, -0.05) is 54.6 Å². The zero-order valence-corrected chi connectivity index (χ0v) is 17.2. The normalized spacial score (nSPS) is 14.6. The SMILES string of the molecule is O=C(NCC(O)C(O)c1ccc2[nH]ncc2c1)OCC1c2ccccc2-c2ccccc21. The summed E-state index contributed by atoms with van der Waals surface area (Å²) in [4.78, 5) is 12.3. The van der Waals surface area contributed by atoms with Gasteiger partial charge in [0.05, 0.1) is 11.7 Å². The number of aromatic nitrogens is 2. The number of rotatable bonds is 6. The summed E-state index contributed by atoms with van der Waals surface area (Å²) in [5.41, 5.74) is 5.96. The Morgan fingerprint density at radius 1 is 1.03 bits per heavy atom. The predicted octanol–water partition coefficient (Wildman–Crippen LogP) is 3.50. The van der Waals surface area contributed by atoms with Gasteiger partial charge in [0.2, 0.25) is 0 Å². The van der Waals surface area contributed by atoms with Crippen LogP contribution in [0.1, 0.15) is 28.7 Å². The molecule has 32 heavy (non-hydrogen) atoms. The van der Waals surface area contributed by atoms with Gasteiger partial charge in [-0.2, -0.15) is 5.10 Å². The van der Waals surface area contributed by atoms with Gasteiger partial charge in [-0.3, -0.25) is 5.10 Å². The molecule has 1 amide bonds. The van der Waals surface area contributed by atoms with Gasteiger partial charge in [0.25, 0.3) is 0 Å². The Hall–Kier alpha value is -3.68. The third-order valence-corrected chi connectivity index (χ3v) is 5.97. The zero-order chi connectivity index (χ0) is 22.1. The number of nitrogens with zero attached hydrogens (tertiary/aromatic N) is 1. The van der Waals surface area contributed by atoms with Crippen LogP contribution in [-0.4, -0.2) is 45.8 Å². The molecule has 2 atom stereocenters. The second-order valence-electron chi connectivity index (χ2n) is 7.94. The summed E-state index contributed by atoms with van der Waals surface area (Å²) in [7, 11) is 0. The molecule has 0 aliphatic heterocycles. The van der Waals surface area contributed by atoms with Crippen molar-refractivity contribution in [2.45, 2.75) is 18.1 Å². The van der Waals surface area contributed by atoms with Crippen LogP contribution in [0.25, 0.3) is 22.0 Å². The second-order valence-corrected chi connectivity index (χ2v) is 7.94. The van der Waals surface area contributed by atoms with E-state index in [1.807, 2.05) is 24.3 Å². The van der Waals surface area contributed by atoms with Crippen molar-refractivity contribution in [2.24, 2.45) is 0 Å². The molecule has 0 radical (unpaired) electrons. The van der Waals surface area contributed by atoms with Gasteiger partial charge in [-0.25, -0.2) is 4.79 Å². The van der Waals surface area contributed by atoms with Crippen LogP contribution in [0.3, 0.4) is 0 Å². The van der Waals surface area contributed by atoms with Crippen LogP contribution in [-0.2, 0) is 4.74 Å². The maximum absolute atomic E-state index is 12.3. The van der Waals surface area contributed by atoms with Crippen molar-refractivity contribution in [1.29, 1.82) is 0 Å². The Labute approximate surface area is 184 Å². The van der Waals surface area contributed by atoms with Gasteiger partial charge in [-0.15, -0.1) is 0 Å². The molecule has 3 aromatic carbocycles. The lowest BCUT2D eigenvalue weighted by Gasteiger charge is -2.19. The molecule has 1 aliphatic rings. The van der Waals surface area contributed by atoms with Crippen molar-refractivity contribution >= 4 is 17.0 Å². The number of fused-ring (bicyclic) bond motifs is 4. The molecule has 7 heteroatoms. The van der Waals surface area contributed by atoms with E-state index in [-0.39, 0.29) is 19.1 Å². The largest absolute Gasteiger partial charge is 0.449 e. The van der Waals surface area contributed by atoms with Crippen LogP contribution in [0.4, 0.5) is 4.79 Å². The molecule has 0 spiro atoms. The zero-order valence-electron chi connectivity index (χ0n) is 17.2. The van der Waals surface area contributed by atoms with Crippen molar-refractivity contribution < 1.29 is 19.7 Å². The highest BCUT2D eigenvalue weighted by molar-refractivity contribution is 5.79. The Morgan fingerprint density at radius 3 is 2.44 bits per heavy atom. The van der Waals surface area contributed by atoms with E-state index in [1.165, 1.54) is 0 Å². The molecule has 0 saturated carbocycles. The minimum Gasteiger partial charge on any atom is -0.449 e. The molecule has 5 rings (SSSR count). The molecule has 0 fully saturated rings. The molecule has 0 saturated heterocycles. The highest BCUT2D eigenvalue weighted by Gasteiger charge is 2.29. The molecule has 1 aliphatic carbocycles. The van der Waals surface area contributed by atoms with Crippen molar-refractivity contribution in [3.8, 4) is 11.1 Å². The number of amides is 1. The number of carbonyl (C=O) groups is 1. The molecule has 162 valence electrons. The first kappa shape index (κ1) is 20.2. The van der Waals surface area contributed by atoms with Crippen LogP contribution in [0.2, 0.25) is 0 Å². The first-order valence-corrected chi connectivity index (χ1v) is 10.5. The smallest absolute Gasteiger partial charge is 0.407 e. The van der Waals surface area contributed by atoms with E-state index >= 15 is 0 Å². The van der Waals surface area contributed by atoms with Crippen LogP contribution < -0.4 is 5.32 Å².